The number of carbonyl (C=O) groups is 1. The fourth-order valence-electron chi connectivity index (χ4n) is 4.44. The normalized spacial score (nSPS) is 13.8. The summed E-state index contributed by atoms with van der Waals surface area (Å²) in [6.07, 6.45) is -2.83. The number of ether oxygens (including phenoxy) is 3. The number of carbonyl (C=O) groups excluding carboxylic acids is 1. The molecule has 0 bridgehead atoms. The molecule has 37 heavy (non-hydrogen) atoms. The Labute approximate surface area is 216 Å². The molecule has 0 saturated carbocycles. The van der Waals surface area contributed by atoms with Crippen LogP contribution in [0.2, 0.25) is 0 Å². The summed E-state index contributed by atoms with van der Waals surface area (Å²) in [5.41, 5.74) is 4.71. The number of fused-ring (bicyclic) bond motifs is 3. The van der Waals surface area contributed by atoms with E-state index in [9.17, 15) is 9.90 Å². The summed E-state index contributed by atoms with van der Waals surface area (Å²) in [4.78, 5) is 13.3. The molecule has 5 rings (SSSR count). The highest BCUT2D eigenvalue weighted by atomic mass is 16.7. The van der Waals surface area contributed by atoms with Gasteiger partial charge in [0.15, 0.2) is 6.10 Å². The standard InChI is InChI=1S/C32H28O5/c1-21(29(33)32(35-23-13-5-3-6-14-23)36-24-15-7-4-8-16-24)22(2)31(34)37-30-27-19-11-9-17-25(27)26-18-10-12-20-28(26)30/h3-20,29-30,32-33H,1-2H3. The van der Waals surface area contributed by atoms with Gasteiger partial charge in [-0.25, -0.2) is 4.79 Å². The molecule has 0 aliphatic heterocycles. The molecule has 4 aromatic rings. The number of rotatable bonds is 8. The average Bonchev–Trinajstić information content (AvgIpc) is 3.26. The Morgan fingerprint density at radius 1 is 0.676 bits per heavy atom. The van der Waals surface area contributed by atoms with E-state index in [0.717, 1.165) is 22.3 Å². The van der Waals surface area contributed by atoms with Crippen molar-refractivity contribution in [3.8, 4) is 22.6 Å². The Morgan fingerprint density at radius 3 is 1.59 bits per heavy atom. The van der Waals surface area contributed by atoms with E-state index in [4.69, 9.17) is 14.2 Å². The molecule has 0 amide bonds. The summed E-state index contributed by atoms with van der Waals surface area (Å²) in [6, 6.07) is 34.1. The lowest BCUT2D eigenvalue weighted by Crippen LogP contribution is -2.38. The number of hydrogen-bond donors (Lipinski definition) is 1. The van der Waals surface area contributed by atoms with E-state index in [-0.39, 0.29) is 0 Å². The van der Waals surface area contributed by atoms with E-state index in [1.165, 1.54) is 0 Å². The summed E-state index contributed by atoms with van der Waals surface area (Å²) >= 11 is 0. The van der Waals surface area contributed by atoms with E-state index < -0.39 is 24.5 Å². The first kappa shape index (κ1) is 24.3. The molecule has 4 aromatic carbocycles. The molecule has 5 nitrogen and oxygen atoms in total. The predicted octanol–water partition coefficient (Wildman–Crippen LogP) is 6.48. The third kappa shape index (κ3) is 5.13. The lowest BCUT2D eigenvalue weighted by atomic mass is 10.0. The second-order valence-electron chi connectivity index (χ2n) is 8.94. The first-order chi connectivity index (χ1) is 18.0. The van der Waals surface area contributed by atoms with Crippen molar-refractivity contribution < 1.29 is 24.1 Å². The zero-order valence-electron chi connectivity index (χ0n) is 20.7. The molecule has 1 unspecified atom stereocenters. The average molecular weight is 493 g/mol. The van der Waals surface area contributed by atoms with Gasteiger partial charge in [0.2, 0.25) is 0 Å². The maximum Gasteiger partial charge on any atom is 0.334 e. The van der Waals surface area contributed by atoms with Gasteiger partial charge in [-0.2, -0.15) is 0 Å². The highest BCUT2D eigenvalue weighted by Gasteiger charge is 2.33. The molecular formula is C32H28O5. The van der Waals surface area contributed by atoms with Crippen molar-refractivity contribution in [1.29, 1.82) is 0 Å². The largest absolute Gasteiger partial charge is 0.452 e. The number of para-hydroxylation sites is 2. The summed E-state index contributed by atoms with van der Waals surface area (Å²) in [7, 11) is 0. The molecule has 1 aliphatic carbocycles. The van der Waals surface area contributed by atoms with E-state index in [1.807, 2.05) is 84.9 Å². The second-order valence-corrected chi connectivity index (χ2v) is 8.94. The van der Waals surface area contributed by atoms with Crippen LogP contribution in [0.5, 0.6) is 11.5 Å². The van der Waals surface area contributed by atoms with Gasteiger partial charge in [0, 0.05) is 16.7 Å². The van der Waals surface area contributed by atoms with Crippen LogP contribution in [0.1, 0.15) is 31.1 Å². The molecule has 0 aromatic heterocycles. The van der Waals surface area contributed by atoms with Crippen LogP contribution in [0, 0.1) is 0 Å². The first-order valence-electron chi connectivity index (χ1n) is 12.2. The minimum absolute atomic E-state index is 0.299. The first-order valence-corrected chi connectivity index (χ1v) is 12.2. The summed E-state index contributed by atoms with van der Waals surface area (Å²) < 4.78 is 18.0. The maximum absolute atomic E-state index is 13.3. The zero-order valence-corrected chi connectivity index (χ0v) is 20.7. The second kappa shape index (κ2) is 10.7. The number of esters is 1. The van der Waals surface area contributed by atoms with Crippen LogP contribution in [0.4, 0.5) is 0 Å². The Balaban J connectivity index is 1.40. The van der Waals surface area contributed by atoms with E-state index in [2.05, 4.69) is 0 Å². The van der Waals surface area contributed by atoms with Crippen molar-refractivity contribution in [2.24, 2.45) is 0 Å². The van der Waals surface area contributed by atoms with Gasteiger partial charge >= 0.3 is 5.97 Å². The Morgan fingerprint density at radius 2 is 1.11 bits per heavy atom. The molecule has 0 saturated heterocycles. The fourth-order valence-corrected chi connectivity index (χ4v) is 4.44. The Bertz CT molecular complexity index is 1320. The lowest BCUT2D eigenvalue weighted by molar-refractivity contribution is -0.142. The highest BCUT2D eigenvalue weighted by molar-refractivity contribution is 5.90. The van der Waals surface area contributed by atoms with Crippen LogP contribution in [0.25, 0.3) is 11.1 Å². The minimum Gasteiger partial charge on any atom is -0.452 e. The van der Waals surface area contributed by atoms with Crippen LogP contribution in [0.3, 0.4) is 0 Å². The van der Waals surface area contributed by atoms with Crippen LogP contribution in [-0.2, 0) is 9.53 Å². The minimum atomic E-state index is -1.23. The van der Waals surface area contributed by atoms with Gasteiger partial charge in [0.25, 0.3) is 6.29 Å². The molecule has 0 radical (unpaired) electrons. The summed E-state index contributed by atoms with van der Waals surface area (Å²) in [5.74, 6) is 0.565. The van der Waals surface area contributed by atoms with Crippen molar-refractivity contribution in [2.75, 3.05) is 0 Å². The van der Waals surface area contributed by atoms with Gasteiger partial charge in [-0.15, -0.1) is 0 Å². The van der Waals surface area contributed by atoms with Gasteiger partial charge in [0.05, 0.1) is 0 Å². The Hall–Kier alpha value is -4.35. The third-order valence-electron chi connectivity index (χ3n) is 6.59. The summed E-state index contributed by atoms with van der Waals surface area (Å²) in [5, 5.41) is 11.3. The van der Waals surface area contributed by atoms with Crippen molar-refractivity contribution in [3.63, 3.8) is 0 Å². The highest BCUT2D eigenvalue weighted by Crippen LogP contribution is 2.45. The third-order valence-corrected chi connectivity index (χ3v) is 6.59. The van der Waals surface area contributed by atoms with Crippen molar-refractivity contribution in [2.45, 2.75) is 32.3 Å². The van der Waals surface area contributed by atoms with E-state index >= 15 is 0 Å². The molecule has 0 fully saturated rings. The van der Waals surface area contributed by atoms with Crippen LogP contribution < -0.4 is 9.47 Å². The summed E-state index contributed by atoms with van der Waals surface area (Å²) in [6.45, 7) is 3.34. The zero-order chi connectivity index (χ0) is 25.8. The van der Waals surface area contributed by atoms with Gasteiger partial charge in [-0.1, -0.05) is 84.9 Å². The van der Waals surface area contributed by atoms with Crippen molar-refractivity contribution >= 4 is 5.97 Å². The van der Waals surface area contributed by atoms with Gasteiger partial charge in [-0.3, -0.25) is 0 Å². The number of hydrogen-bond acceptors (Lipinski definition) is 5. The van der Waals surface area contributed by atoms with Gasteiger partial charge in [0.1, 0.15) is 17.6 Å². The number of aliphatic hydroxyl groups excluding tert-OH is 1. The maximum atomic E-state index is 13.3. The molecule has 186 valence electrons. The molecule has 0 heterocycles. The predicted molar refractivity (Wildman–Crippen MR) is 142 cm³/mol. The van der Waals surface area contributed by atoms with Gasteiger partial charge < -0.3 is 19.3 Å². The van der Waals surface area contributed by atoms with E-state index in [1.54, 1.807) is 38.1 Å². The molecule has 1 aliphatic rings. The monoisotopic (exact) mass is 492 g/mol. The van der Waals surface area contributed by atoms with Crippen LogP contribution >= 0.6 is 0 Å². The van der Waals surface area contributed by atoms with Gasteiger partial charge in [-0.05, 0) is 54.8 Å². The van der Waals surface area contributed by atoms with Crippen molar-refractivity contribution in [3.05, 3.63) is 131 Å². The SMILES string of the molecule is CC(C(=O)OC1c2ccccc2-c2ccccc21)=C(C)C(O)C(Oc1ccccc1)Oc1ccccc1. The van der Waals surface area contributed by atoms with Crippen LogP contribution in [-0.4, -0.2) is 23.5 Å². The molecule has 5 heteroatoms. The smallest absolute Gasteiger partial charge is 0.334 e. The number of aliphatic hydroxyl groups is 1. The molecule has 1 atom stereocenters. The molecule has 1 N–H and O–H groups in total. The van der Waals surface area contributed by atoms with Crippen LogP contribution in [0.15, 0.2) is 120 Å². The lowest BCUT2D eigenvalue weighted by Gasteiger charge is -2.26. The Kier molecular flexibility index (Phi) is 7.06. The molecule has 0 spiro atoms. The topological polar surface area (TPSA) is 65.0 Å². The fraction of sp³-hybridized carbons (Fsp3) is 0.156. The number of benzene rings is 4. The quantitative estimate of drug-likeness (QED) is 0.173. The molecular weight excluding hydrogens is 464 g/mol. The van der Waals surface area contributed by atoms with Crippen molar-refractivity contribution in [1.82, 2.24) is 0 Å². The van der Waals surface area contributed by atoms with E-state index in [0.29, 0.717) is 22.6 Å².